The summed E-state index contributed by atoms with van der Waals surface area (Å²) in [7, 11) is 1.29. The van der Waals surface area contributed by atoms with Gasteiger partial charge in [0.1, 0.15) is 18.0 Å². The number of benzene rings is 1. The number of nitrogens with zero attached hydrogens (tertiary/aromatic N) is 2. The van der Waals surface area contributed by atoms with Crippen LogP contribution in [0.5, 0.6) is 11.5 Å². The summed E-state index contributed by atoms with van der Waals surface area (Å²) in [6.45, 7) is 0.681. The van der Waals surface area contributed by atoms with Crippen LogP contribution in [0, 0.1) is 11.7 Å². The molecule has 0 unspecified atom stereocenters. The fraction of sp³-hybridized carbons (Fsp3) is 0.545. The lowest BCUT2D eigenvalue weighted by Gasteiger charge is -2.24. The molecule has 0 bridgehead atoms. The Bertz CT molecular complexity index is 1170. The van der Waals surface area contributed by atoms with Gasteiger partial charge >= 0.3 is 6.16 Å². The highest BCUT2D eigenvalue weighted by atomic mass is 19.1. The van der Waals surface area contributed by atoms with E-state index in [9.17, 15) is 18.4 Å². The van der Waals surface area contributed by atoms with Crippen LogP contribution in [0.15, 0.2) is 17.1 Å². The quantitative estimate of drug-likeness (QED) is 0.605. The zero-order valence-corrected chi connectivity index (χ0v) is 17.9. The Hall–Kier alpha value is -2.95. The Morgan fingerprint density at radius 3 is 2.61 bits per heavy atom. The van der Waals surface area contributed by atoms with Crippen molar-refractivity contribution in [3.8, 4) is 11.5 Å². The molecule has 11 heteroatoms. The predicted molar refractivity (Wildman–Crippen MR) is 114 cm³/mol. The summed E-state index contributed by atoms with van der Waals surface area (Å²) in [6.07, 6.45) is -0.713. The number of hydrogen-bond acceptors (Lipinski definition) is 6. The van der Waals surface area contributed by atoms with Gasteiger partial charge in [-0.1, -0.05) is 0 Å². The molecule has 5 rings (SSSR count). The number of pyridine rings is 1. The highest BCUT2D eigenvalue weighted by Gasteiger charge is 2.42. The van der Waals surface area contributed by atoms with E-state index in [-0.39, 0.29) is 47.8 Å². The number of carbonyl (C=O) groups is 1. The molecule has 4 atom stereocenters. The fourth-order valence-electron chi connectivity index (χ4n) is 4.59. The largest absolute Gasteiger partial charge is 0.511 e. The number of rotatable bonds is 7. The van der Waals surface area contributed by atoms with Gasteiger partial charge in [-0.05, 0) is 18.9 Å². The Balaban J connectivity index is 1.61. The third kappa shape index (κ3) is 3.98. The molecule has 3 aliphatic rings. The van der Waals surface area contributed by atoms with Crippen LogP contribution >= 0.6 is 0 Å². The zero-order valence-electron chi connectivity index (χ0n) is 17.9. The minimum Gasteiger partial charge on any atom is -0.492 e. The van der Waals surface area contributed by atoms with Crippen LogP contribution in [0.4, 0.5) is 23.7 Å². The van der Waals surface area contributed by atoms with Crippen molar-refractivity contribution >= 4 is 22.7 Å². The highest BCUT2D eigenvalue weighted by Crippen LogP contribution is 2.46. The predicted octanol–water partition coefficient (Wildman–Crippen LogP) is 3.02. The molecule has 1 aromatic heterocycles. The molecular formula is C22H24F3N3O5. The standard InChI is InChI=1S/C22H24F3N3O5/c1-32-21-18-12(20(29)17(33-22(30)31)9-28(18)16-5-13(16)23)4-14(24)19(21)27-7-10(15(25)8-27)6-26-11-2-3-11/h4,9-11,13,15-16,26H,2-3,5-8H2,1H3,(H,30,31)/t10-,13-,15+,16+/m0/s1. The fourth-order valence-corrected chi connectivity index (χ4v) is 4.59. The van der Waals surface area contributed by atoms with Gasteiger partial charge in [-0.2, -0.15) is 0 Å². The van der Waals surface area contributed by atoms with Crippen LogP contribution < -0.4 is 25.1 Å². The maximum atomic E-state index is 15.4. The summed E-state index contributed by atoms with van der Waals surface area (Å²) >= 11 is 0. The maximum Gasteiger partial charge on any atom is 0.511 e. The summed E-state index contributed by atoms with van der Waals surface area (Å²) in [5.74, 6) is -1.73. The van der Waals surface area contributed by atoms with E-state index in [1.54, 1.807) is 4.90 Å². The molecule has 8 nitrogen and oxygen atoms in total. The van der Waals surface area contributed by atoms with Crippen molar-refractivity contribution in [3.63, 3.8) is 0 Å². The number of fused-ring (bicyclic) bond motifs is 1. The van der Waals surface area contributed by atoms with Crippen LogP contribution in [0.1, 0.15) is 25.3 Å². The first-order chi connectivity index (χ1) is 15.8. The van der Waals surface area contributed by atoms with E-state index in [4.69, 9.17) is 9.84 Å². The van der Waals surface area contributed by atoms with Crippen molar-refractivity contribution < 1.29 is 32.5 Å². The Morgan fingerprint density at radius 1 is 1.27 bits per heavy atom. The van der Waals surface area contributed by atoms with Crippen molar-refractivity contribution in [1.29, 1.82) is 0 Å². The highest BCUT2D eigenvalue weighted by molar-refractivity contribution is 5.92. The topological polar surface area (TPSA) is 93.0 Å². The van der Waals surface area contributed by atoms with E-state index in [1.165, 1.54) is 11.7 Å². The van der Waals surface area contributed by atoms with Crippen LogP contribution in [-0.2, 0) is 0 Å². The van der Waals surface area contributed by atoms with Gasteiger partial charge in [0, 0.05) is 38.0 Å². The smallest absolute Gasteiger partial charge is 0.492 e. The number of carboxylic acid groups (broad SMARTS) is 1. The molecule has 33 heavy (non-hydrogen) atoms. The Kier molecular flexibility index (Phi) is 5.38. The van der Waals surface area contributed by atoms with E-state index >= 15 is 4.39 Å². The minimum atomic E-state index is -1.72. The van der Waals surface area contributed by atoms with Gasteiger partial charge in [0.05, 0.1) is 30.3 Å². The first-order valence-electron chi connectivity index (χ1n) is 10.9. The van der Waals surface area contributed by atoms with Crippen molar-refractivity contribution in [2.45, 2.75) is 43.7 Å². The molecule has 178 valence electrons. The van der Waals surface area contributed by atoms with E-state index in [0.717, 1.165) is 25.1 Å². The van der Waals surface area contributed by atoms with Gasteiger partial charge in [0.15, 0.2) is 17.3 Å². The lowest BCUT2D eigenvalue weighted by atomic mass is 10.1. The molecule has 2 N–H and O–H groups in total. The number of ether oxygens (including phenoxy) is 2. The summed E-state index contributed by atoms with van der Waals surface area (Å²) < 4.78 is 55.6. The summed E-state index contributed by atoms with van der Waals surface area (Å²) in [4.78, 5) is 25.4. The van der Waals surface area contributed by atoms with E-state index in [2.05, 4.69) is 10.1 Å². The molecule has 2 aliphatic carbocycles. The van der Waals surface area contributed by atoms with Crippen LogP contribution in [0.25, 0.3) is 10.9 Å². The van der Waals surface area contributed by atoms with E-state index in [0.29, 0.717) is 12.6 Å². The van der Waals surface area contributed by atoms with Crippen molar-refractivity contribution in [2.24, 2.45) is 5.92 Å². The average Bonchev–Trinajstić information content (AvgIpc) is 3.68. The van der Waals surface area contributed by atoms with E-state index < -0.39 is 41.5 Å². The maximum absolute atomic E-state index is 15.4. The van der Waals surface area contributed by atoms with Gasteiger partial charge < -0.3 is 29.4 Å². The lowest BCUT2D eigenvalue weighted by molar-refractivity contribution is 0.143. The third-order valence-electron chi connectivity index (χ3n) is 6.53. The first kappa shape index (κ1) is 21.9. The van der Waals surface area contributed by atoms with Crippen molar-refractivity contribution in [1.82, 2.24) is 9.88 Å². The van der Waals surface area contributed by atoms with Crippen molar-refractivity contribution in [2.75, 3.05) is 31.6 Å². The normalized spacial score (nSPS) is 26.6. The number of nitrogens with one attached hydrogen (secondary N) is 1. The molecule has 1 aliphatic heterocycles. The molecule has 2 heterocycles. The van der Waals surface area contributed by atoms with Gasteiger partial charge in [-0.25, -0.2) is 18.0 Å². The van der Waals surface area contributed by atoms with Gasteiger partial charge in [0.25, 0.3) is 0 Å². The van der Waals surface area contributed by atoms with Crippen LogP contribution in [-0.4, -0.2) is 61.0 Å². The number of anilines is 1. The molecule has 0 radical (unpaired) electrons. The number of hydrogen-bond donors (Lipinski definition) is 2. The molecule has 2 aromatic rings. The minimum absolute atomic E-state index is 0.00215. The molecule has 0 spiro atoms. The molecule has 2 saturated carbocycles. The number of methoxy groups -OCH3 is 1. The molecule has 0 amide bonds. The lowest BCUT2D eigenvalue weighted by Crippen LogP contribution is -2.30. The third-order valence-corrected chi connectivity index (χ3v) is 6.53. The van der Waals surface area contributed by atoms with Crippen LogP contribution in [0.3, 0.4) is 0 Å². The van der Waals surface area contributed by atoms with Gasteiger partial charge in [-0.3, -0.25) is 4.79 Å². The molecule has 1 saturated heterocycles. The summed E-state index contributed by atoms with van der Waals surface area (Å²) in [6, 6.07) is 0.695. The van der Waals surface area contributed by atoms with Crippen molar-refractivity contribution in [3.05, 3.63) is 28.3 Å². The Morgan fingerprint density at radius 2 is 2.00 bits per heavy atom. The Labute approximate surface area is 186 Å². The number of alkyl halides is 2. The molecular weight excluding hydrogens is 443 g/mol. The van der Waals surface area contributed by atoms with E-state index in [1.807, 2.05) is 0 Å². The zero-order chi connectivity index (χ0) is 23.4. The second kappa shape index (κ2) is 8.12. The molecule has 1 aromatic carbocycles. The SMILES string of the molecule is COc1c(N2C[C@H](CNC3CC3)[C@H](F)C2)c(F)cc2c(=O)c(OC(=O)O)cn([C@@H]3C[C@@H]3F)c12. The van der Waals surface area contributed by atoms with Gasteiger partial charge in [-0.15, -0.1) is 0 Å². The average molecular weight is 467 g/mol. The second-order valence-electron chi connectivity index (χ2n) is 8.92. The second-order valence-corrected chi connectivity index (χ2v) is 8.92. The van der Waals surface area contributed by atoms with Gasteiger partial charge in [0.2, 0.25) is 5.43 Å². The van der Waals surface area contributed by atoms with Crippen LogP contribution in [0.2, 0.25) is 0 Å². The molecule has 3 fully saturated rings. The number of aromatic nitrogens is 1. The summed E-state index contributed by atoms with van der Waals surface area (Å²) in [5.41, 5.74) is -0.741. The monoisotopic (exact) mass is 467 g/mol. The first-order valence-corrected chi connectivity index (χ1v) is 10.9. The summed E-state index contributed by atoms with van der Waals surface area (Å²) in [5, 5.41) is 12.0. The number of halogens is 3.